The molecule has 0 aliphatic carbocycles. The SMILES string of the molecule is C=CCC(O)(CC=C)C(CO)(CO)C(O)(CC=C)CCCCCCCCCCBr. The van der Waals surface area contributed by atoms with E-state index in [-0.39, 0.29) is 19.3 Å². The van der Waals surface area contributed by atoms with Crippen LogP contribution in [0.2, 0.25) is 0 Å². The molecule has 0 bridgehead atoms. The maximum Gasteiger partial charge on any atom is 0.0843 e. The predicted molar refractivity (Wildman–Crippen MR) is 126 cm³/mol. The highest BCUT2D eigenvalue weighted by Crippen LogP contribution is 2.49. The number of rotatable bonds is 20. The first-order valence-corrected chi connectivity index (χ1v) is 12.0. The van der Waals surface area contributed by atoms with Crippen molar-refractivity contribution >= 4 is 15.9 Å². The number of hydrogen-bond acceptors (Lipinski definition) is 4. The lowest BCUT2D eigenvalue weighted by atomic mass is 9.57. The van der Waals surface area contributed by atoms with Crippen molar-refractivity contribution in [2.24, 2.45) is 5.41 Å². The second-order valence-corrected chi connectivity index (χ2v) is 9.00. The molecule has 0 spiro atoms. The van der Waals surface area contributed by atoms with Gasteiger partial charge in [0.2, 0.25) is 0 Å². The van der Waals surface area contributed by atoms with Crippen LogP contribution in [0.25, 0.3) is 0 Å². The molecule has 170 valence electrons. The molecule has 0 aromatic heterocycles. The van der Waals surface area contributed by atoms with Gasteiger partial charge in [0.15, 0.2) is 0 Å². The maximum absolute atomic E-state index is 11.6. The van der Waals surface area contributed by atoms with Gasteiger partial charge in [-0.25, -0.2) is 0 Å². The largest absolute Gasteiger partial charge is 0.395 e. The van der Waals surface area contributed by atoms with E-state index >= 15 is 0 Å². The van der Waals surface area contributed by atoms with Crippen LogP contribution in [0.1, 0.15) is 77.0 Å². The zero-order chi connectivity index (χ0) is 22.2. The van der Waals surface area contributed by atoms with E-state index in [2.05, 4.69) is 35.7 Å². The molecule has 0 fully saturated rings. The van der Waals surface area contributed by atoms with E-state index in [1.54, 1.807) is 18.2 Å². The molecular weight excluding hydrogens is 432 g/mol. The summed E-state index contributed by atoms with van der Waals surface area (Å²) in [5.74, 6) is 0. The number of aliphatic hydroxyl groups excluding tert-OH is 2. The van der Waals surface area contributed by atoms with Crippen LogP contribution in [0.4, 0.5) is 0 Å². The van der Waals surface area contributed by atoms with Crippen molar-refractivity contribution in [3.05, 3.63) is 38.0 Å². The summed E-state index contributed by atoms with van der Waals surface area (Å²) in [6.45, 7) is 10.1. The van der Waals surface area contributed by atoms with E-state index in [0.29, 0.717) is 6.42 Å². The molecule has 1 atom stereocenters. The first kappa shape index (κ1) is 28.5. The van der Waals surface area contributed by atoms with Gasteiger partial charge in [0.05, 0.1) is 29.8 Å². The smallest absolute Gasteiger partial charge is 0.0843 e. The van der Waals surface area contributed by atoms with Gasteiger partial charge in [0.25, 0.3) is 0 Å². The molecule has 0 aliphatic rings. The summed E-state index contributed by atoms with van der Waals surface area (Å²) < 4.78 is 0. The minimum Gasteiger partial charge on any atom is -0.395 e. The first-order chi connectivity index (χ1) is 13.9. The monoisotopic (exact) mass is 474 g/mol. The molecule has 29 heavy (non-hydrogen) atoms. The van der Waals surface area contributed by atoms with E-state index in [0.717, 1.165) is 24.6 Å². The quantitative estimate of drug-likeness (QED) is 0.113. The summed E-state index contributed by atoms with van der Waals surface area (Å²) >= 11 is 3.45. The molecule has 4 N–H and O–H groups in total. The van der Waals surface area contributed by atoms with Gasteiger partial charge in [-0.15, -0.1) is 19.7 Å². The van der Waals surface area contributed by atoms with Gasteiger partial charge in [0.1, 0.15) is 0 Å². The molecule has 0 aromatic rings. The van der Waals surface area contributed by atoms with Gasteiger partial charge in [-0.3, -0.25) is 0 Å². The Hall–Kier alpha value is -0.460. The predicted octanol–water partition coefficient (Wildman–Crippen LogP) is 5.05. The molecular formula is C24H43BrO4. The Balaban J connectivity index is 5.17. The van der Waals surface area contributed by atoms with E-state index in [1.165, 1.54) is 32.1 Å². The Labute approximate surface area is 186 Å². The van der Waals surface area contributed by atoms with Crippen molar-refractivity contribution in [3.8, 4) is 0 Å². The number of alkyl halides is 1. The summed E-state index contributed by atoms with van der Waals surface area (Å²) in [5.41, 5.74) is -4.53. The van der Waals surface area contributed by atoms with Crippen LogP contribution in [-0.4, -0.2) is 50.2 Å². The van der Waals surface area contributed by atoms with Crippen LogP contribution < -0.4 is 0 Å². The summed E-state index contributed by atoms with van der Waals surface area (Å²) in [5, 5.41) is 44.6. The van der Waals surface area contributed by atoms with Gasteiger partial charge >= 0.3 is 0 Å². The van der Waals surface area contributed by atoms with Crippen LogP contribution >= 0.6 is 15.9 Å². The van der Waals surface area contributed by atoms with Crippen LogP contribution in [0.5, 0.6) is 0 Å². The standard InChI is InChI=1S/C24H43BrO4/c1-4-15-23(28,16-5-2)22(20-26,21-27)24(29,17-6-3)18-13-11-9-7-8-10-12-14-19-25/h4-6,26-29H,1-3,7-21H2. The average molecular weight is 476 g/mol. The first-order valence-electron chi connectivity index (χ1n) is 10.9. The molecule has 0 amide bonds. The summed E-state index contributed by atoms with van der Waals surface area (Å²) in [6, 6.07) is 0. The van der Waals surface area contributed by atoms with Crippen LogP contribution in [0, 0.1) is 5.41 Å². The fourth-order valence-corrected chi connectivity index (χ4v) is 4.77. The lowest BCUT2D eigenvalue weighted by Gasteiger charge is -2.54. The average Bonchev–Trinajstić information content (AvgIpc) is 2.68. The van der Waals surface area contributed by atoms with Gasteiger partial charge in [-0.1, -0.05) is 79.1 Å². The van der Waals surface area contributed by atoms with Crippen molar-refractivity contribution in [2.75, 3.05) is 18.5 Å². The molecule has 0 saturated carbocycles. The van der Waals surface area contributed by atoms with Crippen molar-refractivity contribution in [1.29, 1.82) is 0 Å². The number of halogens is 1. The second-order valence-electron chi connectivity index (χ2n) is 8.21. The third-order valence-electron chi connectivity index (χ3n) is 6.24. The number of unbranched alkanes of at least 4 members (excludes halogenated alkanes) is 7. The summed E-state index contributed by atoms with van der Waals surface area (Å²) in [6.07, 6.45) is 14.4. The fraction of sp³-hybridized carbons (Fsp3) is 0.750. The highest BCUT2D eigenvalue weighted by Gasteiger charge is 2.60. The second kappa shape index (κ2) is 15.4. The lowest BCUT2D eigenvalue weighted by Crippen LogP contribution is -2.65. The minimum absolute atomic E-state index is 0.133. The van der Waals surface area contributed by atoms with Crippen molar-refractivity contribution in [1.82, 2.24) is 0 Å². The normalized spacial score (nSPS) is 14.4. The van der Waals surface area contributed by atoms with Crippen LogP contribution in [-0.2, 0) is 0 Å². The third-order valence-corrected chi connectivity index (χ3v) is 6.80. The molecule has 4 nitrogen and oxygen atoms in total. The Morgan fingerprint density at radius 2 is 1.00 bits per heavy atom. The minimum atomic E-state index is -1.55. The molecule has 1 unspecified atom stereocenters. The van der Waals surface area contributed by atoms with Crippen LogP contribution in [0.15, 0.2) is 38.0 Å². The van der Waals surface area contributed by atoms with E-state index in [4.69, 9.17) is 0 Å². The lowest BCUT2D eigenvalue weighted by molar-refractivity contribution is -0.230. The summed E-state index contributed by atoms with van der Waals surface area (Å²) in [7, 11) is 0. The third kappa shape index (κ3) is 7.95. The van der Waals surface area contributed by atoms with E-state index in [1.807, 2.05) is 0 Å². The van der Waals surface area contributed by atoms with Gasteiger partial charge in [-0.2, -0.15) is 0 Å². The molecule has 0 heterocycles. The Bertz CT molecular complexity index is 452. The van der Waals surface area contributed by atoms with Gasteiger partial charge < -0.3 is 20.4 Å². The molecule has 0 rings (SSSR count). The number of hydrogen-bond donors (Lipinski definition) is 4. The zero-order valence-corrected chi connectivity index (χ0v) is 19.7. The Kier molecular flexibility index (Phi) is 15.1. The van der Waals surface area contributed by atoms with Crippen molar-refractivity contribution in [2.45, 2.75) is 88.3 Å². The van der Waals surface area contributed by atoms with Gasteiger partial charge in [0, 0.05) is 5.33 Å². The van der Waals surface area contributed by atoms with E-state index < -0.39 is 29.8 Å². The highest BCUT2D eigenvalue weighted by atomic mass is 79.9. The Morgan fingerprint density at radius 3 is 1.38 bits per heavy atom. The number of aliphatic hydroxyl groups is 4. The summed E-state index contributed by atoms with van der Waals surface area (Å²) in [4.78, 5) is 0. The fourth-order valence-electron chi connectivity index (χ4n) is 4.37. The van der Waals surface area contributed by atoms with Crippen molar-refractivity contribution < 1.29 is 20.4 Å². The highest BCUT2D eigenvalue weighted by molar-refractivity contribution is 9.09. The zero-order valence-electron chi connectivity index (χ0n) is 18.1. The van der Waals surface area contributed by atoms with Crippen LogP contribution in [0.3, 0.4) is 0 Å². The Morgan fingerprint density at radius 1 is 0.621 bits per heavy atom. The van der Waals surface area contributed by atoms with Crippen molar-refractivity contribution in [3.63, 3.8) is 0 Å². The topological polar surface area (TPSA) is 80.9 Å². The maximum atomic E-state index is 11.6. The van der Waals surface area contributed by atoms with E-state index in [9.17, 15) is 20.4 Å². The van der Waals surface area contributed by atoms with Gasteiger partial charge in [-0.05, 0) is 32.1 Å². The molecule has 5 heteroatoms. The molecule has 0 saturated heterocycles. The molecule has 0 aliphatic heterocycles. The molecule has 0 aromatic carbocycles. The molecule has 0 radical (unpaired) electrons.